The average Bonchev–Trinajstić information content (AvgIpc) is 3.20. The third-order valence-electron chi connectivity index (χ3n) is 5.24. The van der Waals surface area contributed by atoms with Crippen molar-refractivity contribution in [1.29, 1.82) is 0 Å². The van der Waals surface area contributed by atoms with Crippen LogP contribution >= 0.6 is 11.3 Å². The highest BCUT2D eigenvalue weighted by molar-refractivity contribution is 7.15. The van der Waals surface area contributed by atoms with E-state index < -0.39 is 11.6 Å². The van der Waals surface area contributed by atoms with Crippen LogP contribution in [-0.4, -0.2) is 46.7 Å². The zero-order valence-corrected chi connectivity index (χ0v) is 20.7. The van der Waals surface area contributed by atoms with E-state index in [4.69, 9.17) is 9.47 Å². The first-order chi connectivity index (χ1) is 16.2. The van der Waals surface area contributed by atoms with E-state index in [0.717, 1.165) is 10.4 Å². The fourth-order valence-electron chi connectivity index (χ4n) is 3.56. The molecule has 0 radical (unpaired) electrons. The molecular weight excluding hydrogens is 454 g/mol. The topological polar surface area (TPSA) is 111 Å². The molecule has 0 spiro atoms. The fourth-order valence-corrected chi connectivity index (χ4v) is 4.45. The van der Waals surface area contributed by atoms with Crippen molar-refractivity contribution in [3.05, 3.63) is 64.3 Å². The number of hydrogen-bond donors (Lipinski definition) is 2. The lowest BCUT2D eigenvalue weighted by Crippen LogP contribution is -2.43. The molecule has 0 aliphatic heterocycles. The number of nitrogens with one attached hydrogen (secondary N) is 1. The number of carboxylic acid groups (broad SMARTS) is 1. The van der Waals surface area contributed by atoms with Gasteiger partial charge in [0, 0.05) is 24.0 Å². The van der Waals surface area contributed by atoms with Crippen LogP contribution in [0, 0.1) is 13.8 Å². The number of rotatable bonds is 10. The maximum absolute atomic E-state index is 12.9. The van der Waals surface area contributed by atoms with Gasteiger partial charge in [0.1, 0.15) is 16.5 Å². The second-order valence-electron chi connectivity index (χ2n) is 8.18. The van der Waals surface area contributed by atoms with Crippen molar-refractivity contribution in [2.75, 3.05) is 13.7 Å². The van der Waals surface area contributed by atoms with Crippen LogP contribution < -0.4 is 10.1 Å². The molecule has 0 fully saturated rings. The Hall–Kier alpha value is -3.30. The van der Waals surface area contributed by atoms with Gasteiger partial charge in [0.15, 0.2) is 5.60 Å². The summed E-state index contributed by atoms with van der Waals surface area (Å²) in [6.45, 7) is 7.41. The van der Waals surface area contributed by atoms with Crippen LogP contribution in [0.4, 0.5) is 0 Å². The molecule has 1 aromatic carbocycles. The highest BCUT2D eigenvalue weighted by atomic mass is 32.1. The zero-order chi connectivity index (χ0) is 24.9. The predicted octanol–water partition coefficient (Wildman–Crippen LogP) is 4.36. The maximum Gasteiger partial charge on any atom is 0.340 e. The quantitative estimate of drug-likeness (QED) is 0.441. The lowest BCUT2D eigenvalue weighted by atomic mass is 9.89. The summed E-state index contributed by atoms with van der Waals surface area (Å²) in [6, 6.07) is 10.5. The molecule has 1 amide bonds. The Morgan fingerprint density at radius 1 is 1.15 bits per heavy atom. The van der Waals surface area contributed by atoms with Crippen LogP contribution in [0.25, 0.3) is 10.7 Å². The average molecular weight is 484 g/mol. The minimum atomic E-state index is -1.62. The molecule has 0 bridgehead atoms. The monoisotopic (exact) mass is 483 g/mol. The first kappa shape index (κ1) is 25.3. The van der Waals surface area contributed by atoms with E-state index in [9.17, 15) is 14.7 Å². The number of carbonyl (C=O) groups is 2. The summed E-state index contributed by atoms with van der Waals surface area (Å²) in [4.78, 5) is 34.9. The van der Waals surface area contributed by atoms with Gasteiger partial charge in [-0.15, -0.1) is 11.3 Å². The number of nitrogens with zero attached hydrogens (tertiary/aromatic N) is 2. The standard InChI is InChI=1S/C25H29N3O5S/c1-15(2)33-25(24(30)31,18-7-9-19(32-5)10-8-18)12-13-26-22(29)21-17(4)34-23(28-21)20-11-6-16(3)14-27-20/h6-11,14-15H,12-13H2,1-5H3,(H,26,29)(H,30,31). The second kappa shape index (κ2) is 10.8. The molecule has 3 rings (SSSR count). The van der Waals surface area contributed by atoms with Gasteiger partial charge in [0.25, 0.3) is 5.91 Å². The Morgan fingerprint density at radius 3 is 2.41 bits per heavy atom. The molecule has 0 saturated carbocycles. The number of carbonyl (C=O) groups excluding carboxylic acids is 1. The molecule has 1 unspecified atom stereocenters. The summed E-state index contributed by atoms with van der Waals surface area (Å²) < 4.78 is 11.1. The number of ether oxygens (including phenoxy) is 2. The van der Waals surface area contributed by atoms with E-state index in [1.807, 2.05) is 26.0 Å². The molecule has 0 saturated heterocycles. The van der Waals surface area contributed by atoms with Gasteiger partial charge < -0.3 is 19.9 Å². The number of pyridine rings is 1. The molecule has 34 heavy (non-hydrogen) atoms. The zero-order valence-electron chi connectivity index (χ0n) is 19.9. The largest absolute Gasteiger partial charge is 0.497 e. The number of methoxy groups -OCH3 is 1. The number of aryl methyl sites for hydroxylation is 2. The summed E-state index contributed by atoms with van der Waals surface area (Å²) in [5.41, 5.74) is 0.894. The summed E-state index contributed by atoms with van der Waals surface area (Å²) in [5, 5.41) is 13.6. The molecule has 2 heterocycles. The normalized spacial score (nSPS) is 12.9. The van der Waals surface area contributed by atoms with Gasteiger partial charge in [-0.1, -0.05) is 18.2 Å². The number of aromatic nitrogens is 2. The van der Waals surface area contributed by atoms with Gasteiger partial charge in [-0.25, -0.2) is 9.78 Å². The Bertz CT molecular complexity index is 1140. The van der Waals surface area contributed by atoms with Crippen molar-refractivity contribution < 1.29 is 24.2 Å². The van der Waals surface area contributed by atoms with Crippen molar-refractivity contribution in [1.82, 2.24) is 15.3 Å². The Kier molecular flexibility index (Phi) is 8.01. The first-order valence-electron chi connectivity index (χ1n) is 10.9. The van der Waals surface area contributed by atoms with Crippen LogP contribution in [-0.2, 0) is 15.1 Å². The number of carboxylic acids is 1. The first-order valence-corrected chi connectivity index (χ1v) is 11.7. The van der Waals surface area contributed by atoms with Crippen LogP contribution in [0.2, 0.25) is 0 Å². The van der Waals surface area contributed by atoms with Crippen molar-refractivity contribution in [3.8, 4) is 16.5 Å². The molecule has 1 atom stereocenters. The molecule has 2 N–H and O–H groups in total. The molecule has 0 aliphatic carbocycles. The molecule has 9 heteroatoms. The van der Waals surface area contributed by atoms with E-state index in [-0.39, 0.29) is 25.0 Å². The van der Waals surface area contributed by atoms with E-state index in [1.54, 1.807) is 51.4 Å². The Labute approximate surface area is 203 Å². The minimum absolute atomic E-state index is 0.0359. The van der Waals surface area contributed by atoms with Gasteiger partial charge in [-0.05, 0) is 57.0 Å². The Balaban J connectivity index is 1.77. The summed E-state index contributed by atoms with van der Waals surface area (Å²) in [5.74, 6) is -0.886. The molecule has 180 valence electrons. The maximum atomic E-state index is 12.9. The summed E-state index contributed by atoms with van der Waals surface area (Å²) in [6.07, 6.45) is 1.44. The van der Waals surface area contributed by atoms with E-state index >= 15 is 0 Å². The van der Waals surface area contributed by atoms with E-state index in [0.29, 0.717) is 27.7 Å². The molecule has 3 aromatic rings. The van der Waals surface area contributed by atoms with E-state index in [2.05, 4.69) is 15.3 Å². The van der Waals surface area contributed by atoms with Gasteiger partial charge in [0.2, 0.25) is 0 Å². The number of amides is 1. The van der Waals surface area contributed by atoms with Crippen LogP contribution in [0.15, 0.2) is 42.6 Å². The lowest BCUT2D eigenvalue weighted by Gasteiger charge is -2.32. The third-order valence-corrected chi connectivity index (χ3v) is 6.24. The number of thiazole rings is 1. The molecule has 0 aliphatic rings. The van der Waals surface area contributed by atoms with Crippen LogP contribution in [0.5, 0.6) is 5.75 Å². The SMILES string of the molecule is COc1ccc(C(CCNC(=O)c2nc(-c3ccc(C)cn3)sc2C)(OC(C)C)C(=O)O)cc1. The smallest absolute Gasteiger partial charge is 0.340 e. The van der Waals surface area contributed by atoms with Gasteiger partial charge >= 0.3 is 5.97 Å². The second-order valence-corrected chi connectivity index (χ2v) is 9.38. The highest BCUT2D eigenvalue weighted by Gasteiger charge is 2.42. The lowest BCUT2D eigenvalue weighted by molar-refractivity contribution is -0.175. The number of benzene rings is 1. The van der Waals surface area contributed by atoms with E-state index in [1.165, 1.54) is 11.3 Å². The molecule has 2 aromatic heterocycles. The summed E-state index contributed by atoms with van der Waals surface area (Å²) >= 11 is 1.39. The van der Waals surface area contributed by atoms with Gasteiger partial charge in [0.05, 0.1) is 18.9 Å². The van der Waals surface area contributed by atoms with Crippen LogP contribution in [0.1, 0.15) is 46.8 Å². The number of aliphatic carboxylic acids is 1. The van der Waals surface area contributed by atoms with Crippen molar-refractivity contribution in [2.24, 2.45) is 0 Å². The fraction of sp³-hybridized carbons (Fsp3) is 0.360. The van der Waals surface area contributed by atoms with Gasteiger partial charge in [-0.3, -0.25) is 9.78 Å². The van der Waals surface area contributed by atoms with Crippen molar-refractivity contribution >= 4 is 23.2 Å². The Morgan fingerprint density at radius 2 is 1.85 bits per heavy atom. The highest BCUT2D eigenvalue weighted by Crippen LogP contribution is 2.33. The van der Waals surface area contributed by atoms with Crippen molar-refractivity contribution in [3.63, 3.8) is 0 Å². The molecule has 8 nitrogen and oxygen atoms in total. The van der Waals surface area contributed by atoms with Crippen molar-refractivity contribution in [2.45, 2.75) is 45.8 Å². The number of hydrogen-bond acceptors (Lipinski definition) is 7. The van der Waals surface area contributed by atoms with Crippen LogP contribution in [0.3, 0.4) is 0 Å². The van der Waals surface area contributed by atoms with Gasteiger partial charge in [-0.2, -0.15) is 0 Å². The third kappa shape index (κ3) is 5.60. The minimum Gasteiger partial charge on any atom is -0.497 e. The molecular formula is C25H29N3O5S. The predicted molar refractivity (Wildman–Crippen MR) is 130 cm³/mol. The summed E-state index contributed by atoms with van der Waals surface area (Å²) in [7, 11) is 1.54.